The third-order valence-corrected chi connectivity index (χ3v) is 3.20. The maximum Gasteiger partial charge on any atom is 0.168 e. The van der Waals surface area contributed by atoms with E-state index in [0.29, 0.717) is 19.1 Å². The molecule has 1 heterocycles. The zero-order valence-corrected chi connectivity index (χ0v) is 11.3. The van der Waals surface area contributed by atoms with Gasteiger partial charge in [0, 0.05) is 31.7 Å². The van der Waals surface area contributed by atoms with Gasteiger partial charge < -0.3 is 15.5 Å². The monoisotopic (exact) mass is 270 g/mol. The topological polar surface area (TPSA) is 40.2 Å². The number of nitrogens with zero attached hydrogens (tertiary/aromatic N) is 2. The van der Waals surface area contributed by atoms with Crippen molar-refractivity contribution in [2.24, 2.45) is 0 Å². The van der Waals surface area contributed by atoms with Gasteiger partial charge >= 0.3 is 0 Å². The molecule has 2 N–H and O–H groups in total. The zero-order chi connectivity index (χ0) is 13.8. The Morgan fingerprint density at radius 3 is 2.47 bits per heavy atom. The highest BCUT2D eigenvalue weighted by molar-refractivity contribution is 5.47. The third kappa shape index (κ3) is 3.76. The van der Waals surface area contributed by atoms with Crippen LogP contribution in [0.15, 0.2) is 6.07 Å². The number of hydrogen-bond donors (Lipinski definition) is 2. The van der Waals surface area contributed by atoms with Crippen molar-refractivity contribution < 1.29 is 8.78 Å². The summed E-state index contributed by atoms with van der Waals surface area (Å²) in [5, 5.41) is 5.69. The lowest BCUT2D eigenvalue weighted by atomic mass is 10.4. The van der Waals surface area contributed by atoms with E-state index in [4.69, 9.17) is 0 Å². The predicted molar refractivity (Wildman–Crippen MR) is 72.5 cm³/mol. The van der Waals surface area contributed by atoms with Crippen molar-refractivity contribution in [2.45, 2.75) is 25.8 Å². The lowest BCUT2D eigenvalue weighted by Gasteiger charge is -2.16. The van der Waals surface area contributed by atoms with Crippen LogP contribution in [-0.2, 0) is 0 Å². The van der Waals surface area contributed by atoms with Gasteiger partial charge in [0.25, 0.3) is 0 Å². The molecule has 0 amide bonds. The van der Waals surface area contributed by atoms with E-state index in [1.54, 1.807) is 0 Å². The zero-order valence-electron chi connectivity index (χ0n) is 11.3. The molecule has 2 rings (SSSR count). The highest BCUT2D eigenvalue weighted by Crippen LogP contribution is 2.25. The van der Waals surface area contributed by atoms with Gasteiger partial charge in [-0.1, -0.05) is 0 Å². The van der Waals surface area contributed by atoms with Crippen LogP contribution in [-0.4, -0.2) is 42.6 Å². The van der Waals surface area contributed by atoms with Crippen LogP contribution in [0.25, 0.3) is 0 Å². The molecular weight excluding hydrogens is 250 g/mol. The molecule has 0 spiro atoms. The first kappa shape index (κ1) is 14.0. The second kappa shape index (κ2) is 6.14. The average molecular weight is 270 g/mol. The van der Waals surface area contributed by atoms with Gasteiger partial charge in [0.1, 0.15) is 0 Å². The molecule has 0 saturated heterocycles. The van der Waals surface area contributed by atoms with Crippen molar-refractivity contribution in [3.8, 4) is 0 Å². The molecule has 1 aliphatic carbocycles. The summed E-state index contributed by atoms with van der Waals surface area (Å²) in [5.41, 5.74) is 0. The Morgan fingerprint density at radius 2 is 1.89 bits per heavy atom. The largest absolute Gasteiger partial charge is 0.368 e. The molecule has 0 atom stereocenters. The summed E-state index contributed by atoms with van der Waals surface area (Å²) in [6.07, 6.45) is 2.48. The Hall–Kier alpha value is -1.43. The first-order chi connectivity index (χ1) is 9.11. The van der Waals surface area contributed by atoms with Gasteiger partial charge in [0.15, 0.2) is 23.3 Å². The van der Waals surface area contributed by atoms with E-state index < -0.39 is 11.6 Å². The van der Waals surface area contributed by atoms with E-state index in [9.17, 15) is 8.78 Å². The summed E-state index contributed by atoms with van der Waals surface area (Å²) in [5.74, 6) is -1.14. The van der Waals surface area contributed by atoms with Gasteiger partial charge in [0.05, 0.1) is 0 Å². The number of nitrogens with one attached hydrogen (secondary N) is 2. The molecule has 0 radical (unpaired) electrons. The molecular formula is C13H20F2N4. The van der Waals surface area contributed by atoms with Gasteiger partial charge in [-0.2, -0.15) is 0 Å². The second-order valence-electron chi connectivity index (χ2n) is 4.82. The van der Waals surface area contributed by atoms with Crippen molar-refractivity contribution in [2.75, 3.05) is 37.3 Å². The van der Waals surface area contributed by atoms with E-state index in [-0.39, 0.29) is 11.6 Å². The molecule has 0 bridgehead atoms. The SMILES string of the molecule is CCNc1nc(NCCN(C)C2CC2)c(F)cc1F. The molecule has 0 aliphatic heterocycles. The molecule has 0 aromatic carbocycles. The van der Waals surface area contributed by atoms with Gasteiger partial charge in [0.2, 0.25) is 0 Å². The minimum atomic E-state index is -0.667. The summed E-state index contributed by atoms with van der Waals surface area (Å²) in [7, 11) is 2.05. The molecule has 106 valence electrons. The summed E-state index contributed by atoms with van der Waals surface area (Å²) >= 11 is 0. The maximum atomic E-state index is 13.6. The minimum absolute atomic E-state index is 0.0851. The first-order valence-corrected chi connectivity index (χ1v) is 6.65. The Kier molecular flexibility index (Phi) is 4.52. The highest BCUT2D eigenvalue weighted by atomic mass is 19.1. The van der Waals surface area contributed by atoms with E-state index in [0.717, 1.165) is 12.6 Å². The van der Waals surface area contributed by atoms with Crippen molar-refractivity contribution in [1.82, 2.24) is 9.88 Å². The van der Waals surface area contributed by atoms with Crippen LogP contribution >= 0.6 is 0 Å². The molecule has 19 heavy (non-hydrogen) atoms. The molecule has 1 aliphatic rings. The fourth-order valence-corrected chi connectivity index (χ4v) is 1.93. The smallest absolute Gasteiger partial charge is 0.168 e. The Labute approximate surface area is 112 Å². The average Bonchev–Trinajstić information content (AvgIpc) is 3.18. The van der Waals surface area contributed by atoms with E-state index in [1.165, 1.54) is 12.8 Å². The molecule has 1 aromatic rings. The van der Waals surface area contributed by atoms with Crippen LogP contribution in [0.2, 0.25) is 0 Å². The van der Waals surface area contributed by atoms with Gasteiger partial charge in [-0.05, 0) is 26.8 Å². The third-order valence-electron chi connectivity index (χ3n) is 3.20. The summed E-state index contributed by atoms with van der Waals surface area (Å²) < 4.78 is 26.9. The van der Waals surface area contributed by atoms with Crippen molar-refractivity contribution in [3.63, 3.8) is 0 Å². The number of halogens is 2. The number of rotatable bonds is 7. The van der Waals surface area contributed by atoms with Crippen molar-refractivity contribution in [3.05, 3.63) is 17.7 Å². The maximum absolute atomic E-state index is 13.6. The molecule has 1 saturated carbocycles. The van der Waals surface area contributed by atoms with Crippen LogP contribution < -0.4 is 10.6 Å². The van der Waals surface area contributed by atoms with Crippen LogP contribution in [0, 0.1) is 11.6 Å². The van der Waals surface area contributed by atoms with E-state index in [1.807, 2.05) is 6.92 Å². The normalized spacial score (nSPS) is 14.8. The number of pyridine rings is 1. The first-order valence-electron chi connectivity index (χ1n) is 6.65. The van der Waals surface area contributed by atoms with Gasteiger partial charge in [-0.25, -0.2) is 13.8 Å². The van der Waals surface area contributed by atoms with Crippen LogP contribution in [0.1, 0.15) is 19.8 Å². The predicted octanol–water partition coefficient (Wildman–Crippen LogP) is 2.30. The standard InChI is InChI=1S/C13H20F2N4/c1-3-16-12-10(14)8-11(15)13(18-12)17-6-7-19(2)9-4-5-9/h8-9H,3-7H2,1-2H3,(H2,16,17,18). The van der Waals surface area contributed by atoms with Crippen LogP contribution in [0.4, 0.5) is 20.4 Å². The Balaban J connectivity index is 1.92. The molecule has 6 heteroatoms. The quantitative estimate of drug-likeness (QED) is 0.797. The number of hydrogen-bond acceptors (Lipinski definition) is 4. The van der Waals surface area contributed by atoms with Crippen molar-refractivity contribution >= 4 is 11.6 Å². The Bertz CT molecular complexity index is 435. The number of likely N-dealkylation sites (N-methyl/N-ethyl adjacent to an activating group) is 1. The summed E-state index contributed by atoms with van der Waals surface area (Å²) in [6.45, 7) is 3.79. The molecule has 4 nitrogen and oxygen atoms in total. The molecule has 0 unspecified atom stereocenters. The lowest BCUT2D eigenvalue weighted by Crippen LogP contribution is -2.27. The number of aromatic nitrogens is 1. The second-order valence-corrected chi connectivity index (χ2v) is 4.82. The van der Waals surface area contributed by atoms with E-state index in [2.05, 4.69) is 27.6 Å². The lowest BCUT2D eigenvalue weighted by molar-refractivity contribution is 0.337. The Morgan fingerprint density at radius 1 is 1.26 bits per heavy atom. The van der Waals surface area contributed by atoms with Crippen LogP contribution in [0.3, 0.4) is 0 Å². The van der Waals surface area contributed by atoms with Gasteiger partial charge in [-0.15, -0.1) is 0 Å². The minimum Gasteiger partial charge on any atom is -0.368 e. The fourth-order valence-electron chi connectivity index (χ4n) is 1.93. The molecule has 1 aromatic heterocycles. The van der Waals surface area contributed by atoms with Crippen molar-refractivity contribution in [1.29, 1.82) is 0 Å². The molecule has 1 fully saturated rings. The van der Waals surface area contributed by atoms with Crippen LogP contribution in [0.5, 0.6) is 0 Å². The fraction of sp³-hybridized carbons (Fsp3) is 0.615. The number of anilines is 2. The van der Waals surface area contributed by atoms with Gasteiger partial charge in [-0.3, -0.25) is 0 Å². The summed E-state index contributed by atoms with van der Waals surface area (Å²) in [4.78, 5) is 6.16. The summed E-state index contributed by atoms with van der Waals surface area (Å²) in [6, 6.07) is 1.53. The highest BCUT2D eigenvalue weighted by Gasteiger charge is 2.25. The van der Waals surface area contributed by atoms with E-state index >= 15 is 0 Å².